The molecule has 1 N–H and O–H groups in total. The van der Waals surface area contributed by atoms with E-state index in [2.05, 4.69) is 13.8 Å². The highest BCUT2D eigenvalue weighted by atomic mass is 16.3. The molecule has 1 amide bonds. The number of phenols is 1. The summed E-state index contributed by atoms with van der Waals surface area (Å²) in [7, 11) is 0. The van der Waals surface area contributed by atoms with E-state index in [0.717, 1.165) is 19.4 Å². The second-order valence-electron chi connectivity index (χ2n) is 5.13. The van der Waals surface area contributed by atoms with Gasteiger partial charge in [-0.25, -0.2) is 0 Å². The molecule has 1 saturated carbocycles. The Morgan fingerprint density at radius 3 is 2.41 bits per heavy atom. The third-order valence-electron chi connectivity index (χ3n) is 2.92. The molecule has 0 atom stereocenters. The Hall–Kier alpha value is -1.51. The number of aromatic hydroxyl groups is 1. The molecule has 0 aromatic heterocycles. The van der Waals surface area contributed by atoms with Gasteiger partial charge in [0.05, 0.1) is 0 Å². The van der Waals surface area contributed by atoms with E-state index in [-0.39, 0.29) is 11.7 Å². The predicted octanol–water partition coefficient (Wildman–Crippen LogP) is 2.65. The van der Waals surface area contributed by atoms with E-state index in [1.807, 2.05) is 4.90 Å². The van der Waals surface area contributed by atoms with Gasteiger partial charge >= 0.3 is 0 Å². The Morgan fingerprint density at radius 2 is 1.94 bits per heavy atom. The first-order valence-electron chi connectivity index (χ1n) is 6.18. The van der Waals surface area contributed by atoms with Gasteiger partial charge in [0.1, 0.15) is 5.75 Å². The van der Waals surface area contributed by atoms with Gasteiger partial charge in [-0.1, -0.05) is 13.8 Å². The van der Waals surface area contributed by atoms with Crippen LogP contribution in [0.2, 0.25) is 0 Å². The summed E-state index contributed by atoms with van der Waals surface area (Å²) in [6, 6.07) is 6.93. The first-order valence-corrected chi connectivity index (χ1v) is 6.18. The highest BCUT2D eigenvalue weighted by Crippen LogP contribution is 2.29. The molecule has 0 heterocycles. The molecule has 0 bridgehead atoms. The molecule has 0 spiro atoms. The van der Waals surface area contributed by atoms with Crippen LogP contribution in [-0.4, -0.2) is 28.5 Å². The van der Waals surface area contributed by atoms with Gasteiger partial charge in [-0.3, -0.25) is 4.79 Å². The van der Waals surface area contributed by atoms with Gasteiger partial charge in [-0.2, -0.15) is 0 Å². The minimum absolute atomic E-state index is 0.0844. The van der Waals surface area contributed by atoms with Gasteiger partial charge in [0.25, 0.3) is 5.91 Å². The van der Waals surface area contributed by atoms with Gasteiger partial charge in [0, 0.05) is 18.2 Å². The fourth-order valence-electron chi connectivity index (χ4n) is 1.95. The number of amides is 1. The molecule has 1 fully saturated rings. The zero-order chi connectivity index (χ0) is 12.4. The molecule has 3 nitrogen and oxygen atoms in total. The fourth-order valence-corrected chi connectivity index (χ4v) is 1.95. The van der Waals surface area contributed by atoms with Crippen LogP contribution in [0.1, 0.15) is 37.0 Å². The minimum atomic E-state index is 0.0844. The average molecular weight is 233 g/mol. The number of carbonyl (C=O) groups is 1. The summed E-state index contributed by atoms with van der Waals surface area (Å²) < 4.78 is 0. The van der Waals surface area contributed by atoms with E-state index in [4.69, 9.17) is 0 Å². The van der Waals surface area contributed by atoms with Crippen LogP contribution >= 0.6 is 0 Å². The van der Waals surface area contributed by atoms with E-state index in [0.29, 0.717) is 17.5 Å². The van der Waals surface area contributed by atoms with Crippen LogP contribution in [-0.2, 0) is 0 Å². The van der Waals surface area contributed by atoms with Gasteiger partial charge in [-0.05, 0) is 43.0 Å². The molecule has 1 aliphatic carbocycles. The summed E-state index contributed by atoms with van der Waals surface area (Å²) in [6.07, 6.45) is 2.24. The Bertz CT molecular complexity index is 393. The lowest BCUT2D eigenvalue weighted by molar-refractivity contribution is 0.0722. The van der Waals surface area contributed by atoms with Crippen LogP contribution in [0.25, 0.3) is 0 Å². The van der Waals surface area contributed by atoms with Crippen LogP contribution in [0.3, 0.4) is 0 Å². The van der Waals surface area contributed by atoms with Gasteiger partial charge in [0.2, 0.25) is 0 Å². The van der Waals surface area contributed by atoms with E-state index in [9.17, 15) is 9.90 Å². The van der Waals surface area contributed by atoms with Crippen molar-refractivity contribution in [3.8, 4) is 5.75 Å². The van der Waals surface area contributed by atoms with Crippen molar-refractivity contribution in [2.45, 2.75) is 32.7 Å². The van der Waals surface area contributed by atoms with Gasteiger partial charge in [-0.15, -0.1) is 0 Å². The Kier molecular flexibility index (Phi) is 3.36. The molecule has 92 valence electrons. The molecule has 1 aromatic rings. The summed E-state index contributed by atoms with van der Waals surface area (Å²) in [5, 5.41) is 9.22. The van der Waals surface area contributed by atoms with Crippen molar-refractivity contribution in [2.75, 3.05) is 6.54 Å². The van der Waals surface area contributed by atoms with E-state index >= 15 is 0 Å². The predicted molar refractivity (Wildman–Crippen MR) is 67.0 cm³/mol. The Balaban J connectivity index is 2.12. The maximum Gasteiger partial charge on any atom is 0.254 e. The SMILES string of the molecule is CC(C)CN(C(=O)c1ccc(O)cc1)C1CC1. The van der Waals surface area contributed by atoms with E-state index < -0.39 is 0 Å². The number of phenolic OH excluding ortho intramolecular Hbond substituents is 1. The Labute approximate surface area is 102 Å². The van der Waals surface area contributed by atoms with Crippen LogP contribution in [0.15, 0.2) is 24.3 Å². The van der Waals surface area contributed by atoms with Crippen LogP contribution in [0.4, 0.5) is 0 Å². The molecule has 0 radical (unpaired) electrons. The molecule has 2 rings (SSSR count). The third-order valence-corrected chi connectivity index (χ3v) is 2.92. The molecule has 17 heavy (non-hydrogen) atoms. The van der Waals surface area contributed by atoms with Crippen molar-refractivity contribution >= 4 is 5.91 Å². The number of nitrogens with zero attached hydrogens (tertiary/aromatic N) is 1. The number of hydrogen-bond acceptors (Lipinski definition) is 2. The van der Waals surface area contributed by atoms with Crippen molar-refractivity contribution < 1.29 is 9.90 Å². The maximum absolute atomic E-state index is 12.3. The second kappa shape index (κ2) is 4.78. The molecule has 1 aromatic carbocycles. The van der Waals surface area contributed by atoms with Gasteiger partial charge in [0.15, 0.2) is 0 Å². The molecule has 0 aliphatic heterocycles. The van der Waals surface area contributed by atoms with Crippen LogP contribution in [0.5, 0.6) is 5.75 Å². The standard InChI is InChI=1S/C14H19NO2/c1-10(2)9-15(12-5-6-12)14(17)11-3-7-13(16)8-4-11/h3-4,7-8,10,12,16H,5-6,9H2,1-2H3. The topological polar surface area (TPSA) is 40.5 Å². The Morgan fingerprint density at radius 1 is 1.35 bits per heavy atom. The van der Waals surface area contributed by atoms with E-state index in [1.165, 1.54) is 0 Å². The monoisotopic (exact) mass is 233 g/mol. The number of benzene rings is 1. The normalized spacial score (nSPS) is 15.0. The summed E-state index contributed by atoms with van der Waals surface area (Å²) in [6.45, 7) is 5.06. The molecule has 3 heteroatoms. The summed E-state index contributed by atoms with van der Waals surface area (Å²) in [5.41, 5.74) is 0.662. The summed E-state index contributed by atoms with van der Waals surface area (Å²) in [4.78, 5) is 14.3. The van der Waals surface area contributed by atoms with Gasteiger partial charge < -0.3 is 10.0 Å². The lowest BCUT2D eigenvalue weighted by atomic mass is 10.1. The third kappa shape index (κ3) is 2.99. The highest BCUT2D eigenvalue weighted by Gasteiger charge is 2.33. The average Bonchev–Trinajstić information content (AvgIpc) is 3.09. The quantitative estimate of drug-likeness (QED) is 0.868. The molecular formula is C14H19NO2. The van der Waals surface area contributed by atoms with Crippen molar-refractivity contribution in [1.29, 1.82) is 0 Å². The zero-order valence-electron chi connectivity index (χ0n) is 10.4. The van der Waals surface area contributed by atoms with Crippen molar-refractivity contribution in [1.82, 2.24) is 4.90 Å². The van der Waals surface area contributed by atoms with E-state index in [1.54, 1.807) is 24.3 Å². The summed E-state index contributed by atoms with van der Waals surface area (Å²) >= 11 is 0. The lowest BCUT2D eigenvalue weighted by Crippen LogP contribution is -2.36. The largest absolute Gasteiger partial charge is 0.508 e. The number of carbonyl (C=O) groups excluding carboxylic acids is 1. The lowest BCUT2D eigenvalue weighted by Gasteiger charge is -2.24. The number of hydrogen-bond donors (Lipinski definition) is 1. The van der Waals surface area contributed by atoms with Crippen molar-refractivity contribution in [3.05, 3.63) is 29.8 Å². The molecule has 1 aliphatic rings. The van der Waals surface area contributed by atoms with Crippen LogP contribution < -0.4 is 0 Å². The first-order chi connectivity index (χ1) is 8.08. The molecule has 0 unspecified atom stereocenters. The molecule has 0 saturated heterocycles. The van der Waals surface area contributed by atoms with Crippen molar-refractivity contribution in [2.24, 2.45) is 5.92 Å². The van der Waals surface area contributed by atoms with Crippen molar-refractivity contribution in [3.63, 3.8) is 0 Å². The first kappa shape index (κ1) is 12.0. The summed E-state index contributed by atoms with van der Waals surface area (Å²) in [5.74, 6) is 0.765. The minimum Gasteiger partial charge on any atom is -0.508 e. The molecular weight excluding hydrogens is 214 g/mol. The maximum atomic E-state index is 12.3. The zero-order valence-corrected chi connectivity index (χ0v) is 10.4. The smallest absolute Gasteiger partial charge is 0.254 e. The fraction of sp³-hybridized carbons (Fsp3) is 0.500. The number of rotatable bonds is 4. The second-order valence-corrected chi connectivity index (χ2v) is 5.13. The van der Waals surface area contributed by atoms with Crippen LogP contribution in [0, 0.1) is 5.92 Å². The highest BCUT2D eigenvalue weighted by molar-refractivity contribution is 5.94.